The Hall–Kier alpha value is -0.260. The smallest absolute Gasteiger partial charge is 0.305 e. The van der Waals surface area contributed by atoms with Crippen molar-refractivity contribution in [3.63, 3.8) is 0 Å². The van der Waals surface area contributed by atoms with Gasteiger partial charge in [-0.05, 0) is 58.0 Å². The average molecular weight is 487 g/mol. The van der Waals surface area contributed by atoms with E-state index in [1.54, 1.807) is 11.9 Å². The van der Waals surface area contributed by atoms with Crippen LogP contribution in [-0.2, 0) is 9.53 Å². The number of unbranched alkanes of at least 4 members (excludes halogenated alkanes) is 14. The number of nitrogens with one attached hydrogen (secondary N) is 1. The van der Waals surface area contributed by atoms with Gasteiger partial charge in [-0.2, -0.15) is 0 Å². The third-order valence-electron chi connectivity index (χ3n) is 6.34. The number of nitrogens with zero attached hydrogens (tertiary/aromatic N) is 1. The molecule has 0 fully saturated rings. The Labute approximate surface area is 211 Å². The molecule has 0 saturated heterocycles. The molecule has 0 aromatic heterocycles. The number of ether oxygens (including phenoxy) is 1. The van der Waals surface area contributed by atoms with Crippen molar-refractivity contribution in [2.75, 3.05) is 39.0 Å². The van der Waals surface area contributed by atoms with Crippen molar-refractivity contribution in [2.24, 2.45) is 0 Å². The molecular weight excluding hydrogens is 428 g/mol. The van der Waals surface area contributed by atoms with Crippen LogP contribution >= 0.6 is 11.9 Å². The first-order chi connectivity index (χ1) is 16.2. The molecule has 0 aromatic carbocycles. The van der Waals surface area contributed by atoms with Crippen LogP contribution < -0.4 is 4.72 Å². The van der Waals surface area contributed by atoms with E-state index in [-0.39, 0.29) is 5.97 Å². The predicted octanol–water partition coefficient (Wildman–Crippen LogP) is 8.15. The SMILES string of the molecule is CCCCCCCCOC(=O)CCCCCCCN(CCCCCCCC)CCCNSC. The second-order valence-electron chi connectivity index (χ2n) is 9.57. The standard InChI is InChI=1S/C28H58N2O2S/c1-4-6-8-10-14-18-24-30(26-21-23-29-33-3)25-19-15-12-13-17-22-28(31)32-27-20-16-11-9-7-5-2/h29H,4-27H2,1-3H3. The molecule has 0 atom stereocenters. The summed E-state index contributed by atoms with van der Waals surface area (Å²) in [5.74, 6) is 0.00696. The van der Waals surface area contributed by atoms with Crippen molar-refractivity contribution in [1.82, 2.24) is 9.62 Å². The highest BCUT2D eigenvalue weighted by molar-refractivity contribution is 7.96. The minimum atomic E-state index is 0.00696. The number of esters is 1. The fourth-order valence-electron chi connectivity index (χ4n) is 4.20. The lowest BCUT2D eigenvalue weighted by atomic mass is 10.1. The first-order valence-corrected chi connectivity index (χ1v) is 15.6. The summed E-state index contributed by atoms with van der Waals surface area (Å²) in [5, 5.41) is 0. The molecule has 0 spiro atoms. The summed E-state index contributed by atoms with van der Waals surface area (Å²) in [5.41, 5.74) is 0. The molecular formula is C28H58N2O2S. The summed E-state index contributed by atoms with van der Waals surface area (Å²) in [4.78, 5) is 14.5. The summed E-state index contributed by atoms with van der Waals surface area (Å²) in [6, 6.07) is 0. The van der Waals surface area contributed by atoms with Gasteiger partial charge >= 0.3 is 5.97 Å². The zero-order valence-electron chi connectivity index (χ0n) is 22.6. The first-order valence-electron chi connectivity index (χ1n) is 14.4. The molecule has 0 amide bonds. The molecule has 4 nitrogen and oxygen atoms in total. The van der Waals surface area contributed by atoms with E-state index in [2.05, 4.69) is 29.7 Å². The maximum atomic E-state index is 11.9. The molecule has 0 aliphatic carbocycles. The maximum absolute atomic E-state index is 11.9. The molecule has 0 bridgehead atoms. The summed E-state index contributed by atoms with van der Waals surface area (Å²) < 4.78 is 8.75. The molecule has 0 aliphatic heterocycles. The van der Waals surface area contributed by atoms with E-state index < -0.39 is 0 Å². The lowest BCUT2D eigenvalue weighted by molar-refractivity contribution is -0.143. The molecule has 33 heavy (non-hydrogen) atoms. The van der Waals surface area contributed by atoms with Gasteiger partial charge in [-0.1, -0.05) is 109 Å². The maximum Gasteiger partial charge on any atom is 0.305 e. The molecule has 0 saturated carbocycles. The normalized spacial score (nSPS) is 11.4. The van der Waals surface area contributed by atoms with Gasteiger partial charge in [0.2, 0.25) is 0 Å². The molecule has 0 aliphatic rings. The molecule has 0 rings (SSSR count). The zero-order valence-corrected chi connectivity index (χ0v) is 23.5. The van der Waals surface area contributed by atoms with E-state index in [0.717, 1.165) is 25.8 Å². The Bertz CT molecular complexity index is 396. The summed E-state index contributed by atoms with van der Waals surface area (Å²) in [7, 11) is 0. The van der Waals surface area contributed by atoms with Gasteiger partial charge < -0.3 is 9.64 Å². The number of rotatable bonds is 27. The van der Waals surface area contributed by atoms with Gasteiger partial charge in [-0.25, -0.2) is 0 Å². The minimum Gasteiger partial charge on any atom is -0.466 e. The molecule has 0 unspecified atom stereocenters. The molecule has 0 heterocycles. The van der Waals surface area contributed by atoms with Gasteiger partial charge in [-0.15, -0.1) is 0 Å². The van der Waals surface area contributed by atoms with Crippen LogP contribution in [0.5, 0.6) is 0 Å². The molecule has 1 N–H and O–H groups in total. The van der Waals surface area contributed by atoms with Gasteiger partial charge in [0.05, 0.1) is 6.61 Å². The van der Waals surface area contributed by atoms with Gasteiger partial charge in [-0.3, -0.25) is 9.52 Å². The van der Waals surface area contributed by atoms with Gasteiger partial charge in [0.25, 0.3) is 0 Å². The summed E-state index contributed by atoms with van der Waals surface area (Å²) in [6.07, 6.45) is 25.5. The Morgan fingerprint density at radius 1 is 0.667 bits per heavy atom. The lowest BCUT2D eigenvalue weighted by Gasteiger charge is -2.22. The van der Waals surface area contributed by atoms with E-state index in [4.69, 9.17) is 4.74 Å². The van der Waals surface area contributed by atoms with Gasteiger partial charge in [0, 0.05) is 13.0 Å². The largest absolute Gasteiger partial charge is 0.466 e. The zero-order chi connectivity index (χ0) is 24.2. The quantitative estimate of drug-likeness (QED) is 0.0720. The molecule has 198 valence electrons. The van der Waals surface area contributed by atoms with E-state index in [0.29, 0.717) is 13.0 Å². The predicted molar refractivity (Wildman–Crippen MR) is 148 cm³/mol. The third kappa shape index (κ3) is 26.2. The van der Waals surface area contributed by atoms with Crippen molar-refractivity contribution in [3.8, 4) is 0 Å². The number of hydrogen-bond donors (Lipinski definition) is 1. The highest BCUT2D eigenvalue weighted by Gasteiger charge is 2.06. The van der Waals surface area contributed by atoms with Crippen molar-refractivity contribution in [1.29, 1.82) is 0 Å². The average Bonchev–Trinajstić information content (AvgIpc) is 2.82. The van der Waals surface area contributed by atoms with Crippen molar-refractivity contribution >= 4 is 17.9 Å². The van der Waals surface area contributed by atoms with Crippen LogP contribution in [0, 0.1) is 0 Å². The van der Waals surface area contributed by atoms with Crippen LogP contribution in [-0.4, -0.2) is 49.9 Å². The number of carbonyl (C=O) groups excluding carboxylic acids is 1. The minimum absolute atomic E-state index is 0.00696. The molecule has 5 heteroatoms. The second kappa shape index (κ2) is 28.0. The first kappa shape index (κ1) is 32.7. The Morgan fingerprint density at radius 3 is 1.73 bits per heavy atom. The Balaban J connectivity index is 3.69. The highest BCUT2D eigenvalue weighted by Crippen LogP contribution is 2.10. The van der Waals surface area contributed by atoms with Crippen LogP contribution in [0.4, 0.5) is 0 Å². The Kier molecular flexibility index (Phi) is 27.8. The van der Waals surface area contributed by atoms with Crippen LogP contribution in [0.25, 0.3) is 0 Å². The fraction of sp³-hybridized carbons (Fsp3) is 0.964. The van der Waals surface area contributed by atoms with Crippen molar-refractivity contribution in [3.05, 3.63) is 0 Å². The molecule has 0 aromatic rings. The topological polar surface area (TPSA) is 41.6 Å². The van der Waals surface area contributed by atoms with E-state index >= 15 is 0 Å². The van der Waals surface area contributed by atoms with Crippen LogP contribution in [0.15, 0.2) is 0 Å². The van der Waals surface area contributed by atoms with E-state index in [9.17, 15) is 4.79 Å². The highest BCUT2D eigenvalue weighted by atomic mass is 32.2. The van der Waals surface area contributed by atoms with E-state index in [1.807, 2.05) is 0 Å². The summed E-state index contributed by atoms with van der Waals surface area (Å²) in [6.45, 7) is 9.94. The van der Waals surface area contributed by atoms with E-state index in [1.165, 1.54) is 116 Å². The van der Waals surface area contributed by atoms with Gasteiger partial charge in [0.1, 0.15) is 0 Å². The van der Waals surface area contributed by atoms with Gasteiger partial charge in [0.15, 0.2) is 0 Å². The van der Waals surface area contributed by atoms with Crippen molar-refractivity contribution < 1.29 is 9.53 Å². The Morgan fingerprint density at radius 2 is 1.15 bits per heavy atom. The van der Waals surface area contributed by atoms with Crippen LogP contribution in [0.1, 0.15) is 136 Å². The van der Waals surface area contributed by atoms with Crippen molar-refractivity contribution in [2.45, 2.75) is 136 Å². The number of hydrogen-bond acceptors (Lipinski definition) is 5. The van der Waals surface area contributed by atoms with Crippen LogP contribution in [0.2, 0.25) is 0 Å². The second-order valence-corrected chi connectivity index (χ2v) is 10.3. The van der Waals surface area contributed by atoms with Crippen LogP contribution in [0.3, 0.4) is 0 Å². The lowest BCUT2D eigenvalue weighted by Crippen LogP contribution is -2.28. The third-order valence-corrected chi connectivity index (χ3v) is 6.83. The summed E-state index contributed by atoms with van der Waals surface area (Å²) >= 11 is 1.72. The fourth-order valence-corrected chi connectivity index (χ4v) is 4.55. The monoisotopic (exact) mass is 486 g/mol. The molecule has 0 radical (unpaired) electrons. The number of carbonyl (C=O) groups is 1.